The van der Waals surface area contributed by atoms with Gasteiger partial charge in [0.1, 0.15) is 0 Å². The summed E-state index contributed by atoms with van der Waals surface area (Å²) in [5, 5.41) is 0. The second-order valence-corrected chi connectivity index (χ2v) is 9.24. The van der Waals surface area contributed by atoms with E-state index in [2.05, 4.69) is 11.7 Å². The molecular weight excluding hydrogens is 411 g/mol. The van der Waals surface area contributed by atoms with Crippen LogP contribution < -0.4 is 4.74 Å². The number of halogens is 5. The Morgan fingerprint density at radius 2 is 1.45 bits per heavy atom. The molecule has 0 amide bonds. The Kier molecular flexibility index (Phi) is 6.27. The number of hydrogen-bond acceptors (Lipinski definition) is 1. The minimum absolute atomic E-state index is 0.269. The van der Waals surface area contributed by atoms with E-state index in [1.807, 2.05) is 24.3 Å². The highest BCUT2D eigenvalue weighted by molar-refractivity contribution is 5.65. The van der Waals surface area contributed by atoms with Crippen molar-refractivity contribution in [3.8, 4) is 16.9 Å². The summed E-state index contributed by atoms with van der Waals surface area (Å²) in [4.78, 5) is 0. The fraction of sp³-hybridized carbons (Fsp3) is 0.520. The lowest BCUT2D eigenvalue weighted by atomic mass is 9.64. The van der Waals surface area contributed by atoms with Crippen molar-refractivity contribution >= 4 is 0 Å². The molecule has 0 radical (unpaired) electrons. The summed E-state index contributed by atoms with van der Waals surface area (Å²) in [6.07, 6.45) is 2.93. The van der Waals surface area contributed by atoms with E-state index in [-0.39, 0.29) is 5.56 Å². The lowest BCUT2D eigenvalue weighted by Crippen LogP contribution is -2.29. The first-order valence-corrected chi connectivity index (χ1v) is 11.0. The maximum absolute atomic E-state index is 14.2. The Labute approximate surface area is 179 Å². The van der Waals surface area contributed by atoms with Gasteiger partial charge in [-0.15, -0.1) is 0 Å². The van der Waals surface area contributed by atoms with Crippen molar-refractivity contribution in [1.82, 2.24) is 0 Å². The molecule has 4 rings (SSSR count). The van der Waals surface area contributed by atoms with Crippen molar-refractivity contribution in [3.05, 3.63) is 53.6 Å². The highest BCUT2D eigenvalue weighted by atomic mass is 19.4. The van der Waals surface area contributed by atoms with Crippen molar-refractivity contribution in [3.63, 3.8) is 0 Å². The summed E-state index contributed by atoms with van der Waals surface area (Å²) in [7, 11) is 0. The quantitative estimate of drug-likeness (QED) is 0.441. The number of ether oxygens (including phenoxy) is 1. The van der Waals surface area contributed by atoms with Crippen LogP contribution >= 0.6 is 0 Å². The van der Waals surface area contributed by atoms with Gasteiger partial charge in [-0.05, 0) is 84.6 Å². The fourth-order valence-corrected chi connectivity index (χ4v) is 5.39. The minimum atomic E-state index is -4.66. The molecule has 31 heavy (non-hydrogen) atoms. The summed E-state index contributed by atoms with van der Waals surface area (Å²) in [6, 6.07) is 9.70. The molecule has 0 spiro atoms. The molecule has 2 aromatic rings. The topological polar surface area (TPSA) is 9.23 Å². The van der Waals surface area contributed by atoms with Crippen molar-refractivity contribution in [2.45, 2.75) is 57.5 Å². The predicted octanol–water partition coefficient (Wildman–Crippen LogP) is 7.89. The monoisotopic (exact) mass is 438 g/mol. The van der Waals surface area contributed by atoms with E-state index >= 15 is 0 Å². The van der Waals surface area contributed by atoms with E-state index in [1.165, 1.54) is 44.1 Å². The molecule has 2 aromatic carbocycles. The molecule has 2 saturated carbocycles. The average molecular weight is 438 g/mol. The molecule has 2 fully saturated rings. The first-order chi connectivity index (χ1) is 14.7. The van der Waals surface area contributed by atoms with Crippen LogP contribution in [0.3, 0.4) is 0 Å². The van der Waals surface area contributed by atoms with E-state index in [0.717, 1.165) is 29.9 Å². The summed E-state index contributed by atoms with van der Waals surface area (Å²) in [5.74, 6) is -0.304. The zero-order chi connectivity index (χ0) is 22.2. The molecule has 1 unspecified atom stereocenters. The van der Waals surface area contributed by atoms with Crippen LogP contribution in [0, 0.1) is 29.4 Å². The fourth-order valence-electron chi connectivity index (χ4n) is 5.39. The number of alkyl halides is 3. The van der Waals surface area contributed by atoms with E-state index in [0.29, 0.717) is 11.5 Å². The molecule has 1 nitrogen and oxygen atoms in total. The number of benzene rings is 2. The maximum Gasteiger partial charge on any atom is 0.422 e. The normalized spacial score (nSPS) is 26.4. The second-order valence-electron chi connectivity index (χ2n) is 9.24. The SMILES string of the molecule is CC1CC[C@@H]2C[C@H](c3ccc(-c4cc(F)c(OCC(F)(F)F)c(F)c4)cc3)CC[C@@H]2C1. The molecule has 2 aliphatic carbocycles. The van der Waals surface area contributed by atoms with Gasteiger partial charge in [0.15, 0.2) is 24.0 Å². The standard InChI is InChI=1S/C25H27F5O/c1-15-2-3-20-11-19(9-8-18(20)10-15)16-4-6-17(7-5-16)21-12-22(26)24(23(27)13-21)31-14-25(28,29)30/h4-7,12-13,15,18-20H,2-3,8-11,14H2,1H3/t15?,18-,19-,20-/m1/s1. The highest BCUT2D eigenvalue weighted by Gasteiger charge is 2.35. The molecule has 0 bridgehead atoms. The van der Waals surface area contributed by atoms with E-state index in [9.17, 15) is 22.0 Å². The van der Waals surface area contributed by atoms with Crippen molar-refractivity contribution < 1.29 is 26.7 Å². The van der Waals surface area contributed by atoms with Crippen LogP contribution in [0.15, 0.2) is 36.4 Å². The van der Waals surface area contributed by atoms with Gasteiger partial charge in [0.25, 0.3) is 0 Å². The molecule has 0 heterocycles. The summed E-state index contributed by atoms with van der Waals surface area (Å²) in [6.45, 7) is 0.610. The predicted molar refractivity (Wildman–Crippen MR) is 110 cm³/mol. The van der Waals surface area contributed by atoms with Crippen molar-refractivity contribution in [2.24, 2.45) is 17.8 Å². The van der Waals surface area contributed by atoms with Gasteiger partial charge in [0, 0.05) is 0 Å². The number of fused-ring (bicyclic) bond motifs is 1. The summed E-state index contributed by atoms with van der Waals surface area (Å²) in [5.41, 5.74) is 2.13. The molecule has 168 valence electrons. The zero-order valence-corrected chi connectivity index (χ0v) is 17.5. The first kappa shape index (κ1) is 22.1. The summed E-state index contributed by atoms with van der Waals surface area (Å²) < 4.78 is 69.5. The zero-order valence-electron chi connectivity index (χ0n) is 17.5. The van der Waals surface area contributed by atoms with Gasteiger partial charge < -0.3 is 4.74 Å². The lowest BCUT2D eigenvalue weighted by Gasteiger charge is -2.41. The van der Waals surface area contributed by atoms with Gasteiger partial charge in [0.2, 0.25) is 0 Å². The molecule has 0 saturated heterocycles. The van der Waals surface area contributed by atoms with Crippen LogP contribution in [0.5, 0.6) is 5.75 Å². The largest absolute Gasteiger partial charge is 0.478 e. The Morgan fingerprint density at radius 3 is 2.10 bits per heavy atom. The number of rotatable bonds is 4. The van der Waals surface area contributed by atoms with Crippen molar-refractivity contribution in [1.29, 1.82) is 0 Å². The van der Waals surface area contributed by atoms with Crippen LogP contribution in [-0.4, -0.2) is 12.8 Å². The molecule has 0 aromatic heterocycles. The third-order valence-electron chi connectivity index (χ3n) is 6.97. The van der Waals surface area contributed by atoms with Crippen LogP contribution in [-0.2, 0) is 0 Å². The maximum atomic E-state index is 14.2. The van der Waals surface area contributed by atoms with Crippen LogP contribution in [0.2, 0.25) is 0 Å². The Bertz CT molecular complexity index is 882. The van der Waals surface area contributed by atoms with E-state index in [1.54, 1.807) is 0 Å². The van der Waals surface area contributed by atoms with Gasteiger partial charge >= 0.3 is 6.18 Å². The highest BCUT2D eigenvalue weighted by Crippen LogP contribution is 2.47. The Morgan fingerprint density at radius 1 is 0.839 bits per heavy atom. The Balaban J connectivity index is 1.46. The smallest absolute Gasteiger partial charge is 0.422 e. The average Bonchev–Trinajstić information content (AvgIpc) is 2.72. The Hall–Kier alpha value is -2.11. The minimum Gasteiger partial charge on any atom is -0.478 e. The van der Waals surface area contributed by atoms with Gasteiger partial charge in [-0.1, -0.05) is 37.6 Å². The number of hydrogen-bond donors (Lipinski definition) is 0. The third kappa shape index (κ3) is 5.21. The van der Waals surface area contributed by atoms with E-state index < -0.39 is 30.2 Å². The van der Waals surface area contributed by atoms with Gasteiger partial charge in [-0.25, -0.2) is 8.78 Å². The van der Waals surface area contributed by atoms with Gasteiger partial charge in [-0.2, -0.15) is 13.2 Å². The third-order valence-corrected chi connectivity index (χ3v) is 6.97. The van der Waals surface area contributed by atoms with Gasteiger partial charge in [0.05, 0.1) is 0 Å². The summed E-state index contributed by atoms with van der Waals surface area (Å²) >= 11 is 0. The molecule has 6 heteroatoms. The van der Waals surface area contributed by atoms with Crippen LogP contribution in [0.4, 0.5) is 22.0 Å². The van der Waals surface area contributed by atoms with Crippen LogP contribution in [0.1, 0.15) is 56.9 Å². The van der Waals surface area contributed by atoms with E-state index in [4.69, 9.17) is 0 Å². The molecule has 0 N–H and O–H groups in total. The first-order valence-electron chi connectivity index (χ1n) is 11.0. The molecule has 4 atom stereocenters. The molecule has 0 aliphatic heterocycles. The van der Waals surface area contributed by atoms with Gasteiger partial charge in [-0.3, -0.25) is 0 Å². The molecule has 2 aliphatic rings. The second kappa shape index (κ2) is 8.79. The van der Waals surface area contributed by atoms with Crippen LogP contribution in [0.25, 0.3) is 11.1 Å². The van der Waals surface area contributed by atoms with Crippen molar-refractivity contribution in [2.75, 3.05) is 6.61 Å². The molecular formula is C25H27F5O. The lowest BCUT2D eigenvalue weighted by molar-refractivity contribution is -0.154.